The molecule has 3 fully saturated rings. The number of nitrogens with zero attached hydrogens (tertiary/aromatic N) is 5. The van der Waals surface area contributed by atoms with Gasteiger partial charge in [-0.25, -0.2) is 9.67 Å². The topological polar surface area (TPSA) is 131 Å². The fourth-order valence-corrected chi connectivity index (χ4v) is 6.09. The maximum atomic E-state index is 13.4. The van der Waals surface area contributed by atoms with Crippen molar-refractivity contribution in [3.63, 3.8) is 0 Å². The Labute approximate surface area is 203 Å². The zero-order valence-electron chi connectivity index (χ0n) is 19.6. The van der Waals surface area contributed by atoms with Crippen LogP contribution in [0.4, 0.5) is 0 Å². The molecule has 3 aliphatic rings. The third-order valence-corrected chi connectivity index (χ3v) is 7.88. The zero-order valence-corrected chi connectivity index (χ0v) is 19.6. The first-order valence-corrected chi connectivity index (χ1v) is 12.3. The number of benzene rings is 1. The number of hydrogen-bond acceptors (Lipinski definition) is 6. The van der Waals surface area contributed by atoms with Crippen LogP contribution in [0.1, 0.15) is 61.7 Å². The van der Waals surface area contributed by atoms with Crippen LogP contribution in [-0.4, -0.2) is 72.7 Å². The molecule has 35 heavy (non-hydrogen) atoms. The lowest BCUT2D eigenvalue weighted by Crippen LogP contribution is -2.64. The molecule has 2 atom stereocenters. The van der Waals surface area contributed by atoms with Crippen LogP contribution < -0.4 is 5.73 Å². The highest BCUT2D eigenvalue weighted by atomic mass is 16.2. The average molecular weight is 479 g/mol. The molecule has 3 heterocycles. The molecule has 0 spiro atoms. The summed E-state index contributed by atoms with van der Waals surface area (Å²) in [5.74, 6) is -1.42. The first-order chi connectivity index (χ1) is 16.9. The van der Waals surface area contributed by atoms with Gasteiger partial charge in [-0.2, -0.15) is 5.10 Å². The first kappa shape index (κ1) is 23.2. The fourth-order valence-electron chi connectivity index (χ4n) is 6.09. The van der Waals surface area contributed by atoms with Crippen molar-refractivity contribution < 1.29 is 19.2 Å². The van der Waals surface area contributed by atoms with Gasteiger partial charge in [-0.1, -0.05) is 32.1 Å². The molecular weight excluding hydrogens is 448 g/mol. The second-order valence-electron chi connectivity index (χ2n) is 9.77. The Kier molecular flexibility index (Phi) is 6.12. The van der Waals surface area contributed by atoms with Crippen LogP contribution in [0.15, 0.2) is 36.9 Å². The van der Waals surface area contributed by atoms with E-state index < -0.39 is 23.3 Å². The predicted molar refractivity (Wildman–Crippen MR) is 125 cm³/mol. The van der Waals surface area contributed by atoms with Crippen molar-refractivity contribution in [2.75, 3.05) is 13.1 Å². The van der Waals surface area contributed by atoms with Crippen LogP contribution in [-0.2, 0) is 14.4 Å². The number of hydrogen-bond donors (Lipinski definition) is 1. The van der Waals surface area contributed by atoms with E-state index in [4.69, 9.17) is 5.73 Å². The number of carbonyl (C=O) groups excluding carboxylic acids is 4. The molecule has 2 aromatic rings. The molecule has 1 saturated carbocycles. The van der Waals surface area contributed by atoms with Crippen LogP contribution in [0, 0.1) is 5.92 Å². The number of ketones is 1. The number of carbonyl (C=O) groups is 4. The van der Waals surface area contributed by atoms with E-state index in [2.05, 4.69) is 10.1 Å². The van der Waals surface area contributed by atoms with Gasteiger partial charge >= 0.3 is 0 Å². The molecule has 10 nitrogen and oxygen atoms in total. The summed E-state index contributed by atoms with van der Waals surface area (Å²) in [6.45, 7) is -0.0124. The van der Waals surface area contributed by atoms with E-state index in [1.54, 1.807) is 35.3 Å². The van der Waals surface area contributed by atoms with Crippen molar-refractivity contribution in [2.45, 2.75) is 62.9 Å². The Morgan fingerprint density at radius 3 is 2.46 bits per heavy atom. The largest absolute Gasteiger partial charge is 0.367 e. The quantitative estimate of drug-likeness (QED) is 0.626. The van der Waals surface area contributed by atoms with Gasteiger partial charge in [0.25, 0.3) is 11.8 Å². The number of likely N-dealkylation sites (tertiary alicyclic amines) is 2. The van der Waals surface area contributed by atoms with E-state index in [0.717, 1.165) is 24.9 Å². The van der Waals surface area contributed by atoms with E-state index in [1.807, 2.05) is 0 Å². The van der Waals surface area contributed by atoms with Crippen LogP contribution in [0.5, 0.6) is 0 Å². The van der Waals surface area contributed by atoms with E-state index in [0.29, 0.717) is 17.9 Å². The minimum Gasteiger partial charge on any atom is -0.367 e. The van der Waals surface area contributed by atoms with Gasteiger partial charge < -0.3 is 15.5 Å². The van der Waals surface area contributed by atoms with Crippen molar-refractivity contribution >= 4 is 23.5 Å². The van der Waals surface area contributed by atoms with Crippen LogP contribution in [0.25, 0.3) is 5.69 Å². The van der Waals surface area contributed by atoms with E-state index >= 15 is 0 Å². The summed E-state index contributed by atoms with van der Waals surface area (Å²) in [6, 6.07) is 6.01. The van der Waals surface area contributed by atoms with Crippen molar-refractivity contribution in [2.24, 2.45) is 11.7 Å². The second-order valence-corrected chi connectivity index (χ2v) is 9.77. The molecule has 2 N–H and O–H groups in total. The predicted octanol–water partition coefficient (Wildman–Crippen LogP) is 1.48. The van der Waals surface area contributed by atoms with Gasteiger partial charge in [0.15, 0.2) is 5.78 Å². The summed E-state index contributed by atoms with van der Waals surface area (Å²) in [5.41, 5.74) is 5.13. The average Bonchev–Trinajstić information content (AvgIpc) is 3.60. The van der Waals surface area contributed by atoms with Gasteiger partial charge in [-0.05, 0) is 43.0 Å². The highest BCUT2D eigenvalue weighted by Crippen LogP contribution is 2.41. The summed E-state index contributed by atoms with van der Waals surface area (Å²) in [5, 5.41) is 4.07. The highest BCUT2D eigenvalue weighted by Gasteiger charge is 2.67. The lowest BCUT2D eigenvalue weighted by atomic mass is 9.85. The first-order valence-electron chi connectivity index (χ1n) is 12.3. The minimum atomic E-state index is -1.78. The monoisotopic (exact) mass is 478 g/mol. The van der Waals surface area contributed by atoms with Gasteiger partial charge in [-0.3, -0.25) is 19.2 Å². The summed E-state index contributed by atoms with van der Waals surface area (Å²) < 4.78 is 1.57. The summed E-state index contributed by atoms with van der Waals surface area (Å²) in [4.78, 5) is 59.4. The third-order valence-electron chi connectivity index (χ3n) is 7.88. The van der Waals surface area contributed by atoms with E-state index in [9.17, 15) is 19.2 Å². The number of fused-ring (bicyclic) bond motifs is 1. The summed E-state index contributed by atoms with van der Waals surface area (Å²) in [6.07, 6.45) is 10.2. The Hall–Kier alpha value is -3.56. The molecule has 0 bridgehead atoms. The molecule has 184 valence electrons. The van der Waals surface area contributed by atoms with Gasteiger partial charge in [0.05, 0.1) is 18.3 Å². The zero-order chi connectivity index (χ0) is 24.6. The van der Waals surface area contributed by atoms with E-state index in [-0.39, 0.29) is 31.3 Å². The van der Waals surface area contributed by atoms with E-state index in [1.165, 1.54) is 35.4 Å². The molecular formula is C25H30N6O4. The number of Topliss-reactive ketones (excluding diaryl/α,β-unsaturated/α-hetero) is 1. The number of primary amides is 1. The van der Waals surface area contributed by atoms with Crippen LogP contribution in [0.2, 0.25) is 0 Å². The molecule has 2 unspecified atom stereocenters. The molecule has 0 radical (unpaired) electrons. The SMILES string of the molecule is NC(=O)C12C(=O)CN(C(=O)c3ccc(-n4cncn4)cc3)C1CCN2C(=O)CCC1CCCCC1. The van der Waals surface area contributed by atoms with Crippen molar-refractivity contribution in [3.8, 4) is 5.69 Å². The van der Waals surface area contributed by atoms with Crippen molar-refractivity contribution in [3.05, 3.63) is 42.5 Å². The number of rotatable bonds is 6. The Morgan fingerprint density at radius 2 is 1.80 bits per heavy atom. The molecule has 5 rings (SSSR count). The van der Waals surface area contributed by atoms with Gasteiger partial charge in [0, 0.05) is 18.5 Å². The molecule has 1 aromatic carbocycles. The lowest BCUT2D eigenvalue weighted by Gasteiger charge is -2.35. The Balaban J connectivity index is 1.34. The highest BCUT2D eigenvalue weighted by molar-refractivity contribution is 6.18. The smallest absolute Gasteiger partial charge is 0.254 e. The van der Waals surface area contributed by atoms with Crippen molar-refractivity contribution in [1.82, 2.24) is 24.6 Å². The standard InChI is InChI=1S/C25H30N6O4/c26-24(35)25-20(12-13-30(25)22(33)11-6-17-4-2-1-3-5-17)29(14-21(25)32)23(34)18-7-9-19(10-8-18)31-16-27-15-28-31/h7-10,15-17,20H,1-6,11-14H2,(H2,26,35). The maximum Gasteiger partial charge on any atom is 0.254 e. The minimum absolute atomic E-state index is 0.225. The van der Waals surface area contributed by atoms with Gasteiger partial charge in [-0.15, -0.1) is 0 Å². The van der Waals surface area contributed by atoms with Crippen LogP contribution in [0.3, 0.4) is 0 Å². The maximum absolute atomic E-state index is 13.4. The third kappa shape index (κ3) is 3.90. The fraction of sp³-hybridized carbons (Fsp3) is 0.520. The lowest BCUT2D eigenvalue weighted by molar-refractivity contribution is -0.149. The molecule has 1 aromatic heterocycles. The molecule has 2 aliphatic heterocycles. The number of amides is 3. The summed E-state index contributed by atoms with van der Waals surface area (Å²) >= 11 is 0. The van der Waals surface area contributed by atoms with Crippen molar-refractivity contribution in [1.29, 1.82) is 0 Å². The molecule has 1 aliphatic carbocycles. The molecule has 3 amide bonds. The molecule has 10 heteroatoms. The van der Waals surface area contributed by atoms with Crippen LogP contribution >= 0.6 is 0 Å². The molecule has 2 saturated heterocycles. The number of aromatic nitrogens is 3. The summed E-state index contributed by atoms with van der Waals surface area (Å²) in [7, 11) is 0. The normalized spacial score (nSPS) is 24.6. The van der Waals surface area contributed by atoms with Gasteiger partial charge in [0.2, 0.25) is 11.4 Å². The Morgan fingerprint density at radius 1 is 1.06 bits per heavy atom. The Bertz CT molecular complexity index is 1130. The number of nitrogens with two attached hydrogens (primary N) is 1. The van der Waals surface area contributed by atoms with Gasteiger partial charge in [0.1, 0.15) is 12.7 Å². The second kappa shape index (κ2) is 9.24.